The molecule has 2 rings (SSSR count). The van der Waals surface area contributed by atoms with Crippen LogP contribution >= 0.6 is 11.3 Å². The van der Waals surface area contributed by atoms with Gasteiger partial charge in [-0.25, -0.2) is 4.98 Å². The van der Waals surface area contributed by atoms with E-state index in [-0.39, 0.29) is 5.41 Å². The maximum atomic E-state index is 4.73. The SMILES string of the molecule is CCNc1nc(N(C)CC(C)(C)C)c2cc(CC)sc2n1. The molecule has 0 atom stereocenters. The van der Waals surface area contributed by atoms with Crippen molar-refractivity contribution in [3.8, 4) is 0 Å². The Morgan fingerprint density at radius 1 is 1.24 bits per heavy atom. The fourth-order valence-electron chi connectivity index (χ4n) is 2.45. The number of aromatic nitrogens is 2. The molecular formula is C16H26N4S. The first-order chi connectivity index (χ1) is 9.84. The molecule has 0 aliphatic rings. The summed E-state index contributed by atoms with van der Waals surface area (Å²) in [5.41, 5.74) is 0.230. The maximum Gasteiger partial charge on any atom is 0.226 e. The smallest absolute Gasteiger partial charge is 0.226 e. The maximum absolute atomic E-state index is 4.73. The molecule has 4 nitrogen and oxygen atoms in total. The van der Waals surface area contributed by atoms with Crippen molar-refractivity contribution in [1.82, 2.24) is 9.97 Å². The number of anilines is 2. The van der Waals surface area contributed by atoms with Crippen LogP contribution in [0.4, 0.5) is 11.8 Å². The van der Waals surface area contributed by atoms with Gasteiger partial charge in [0.2, 0.25) is 5.95 Å². The molecule has 21 heavy (non-hydrogen) atoms. The van der Waals surface area contributed by atoms with Gasteiger partial charge in [0, 0.05) is 25.0 Å². The predicted octanol–water partition coefficient (Wildman–Crippen LogP) is 4.17. The highest BCUT2D eigenvalue weighted by Crippen LogP contribution is 2.33. The predicted molar refractivity (Wildman–Crippen MR) is 93.7 cm³/mol. The highest BCUT2D eigenvalue weighted by Gasteiger charge is 2.19. The fourth-order valence-corrected chi connectivity index (χ4v) is 3.41. The molecule has 0 bridgehead atoms. The third-order valence-electron chi connectivity index (χ3n) is 3.18. The van der Waals surface area contributed by atoms with Crippen molar-refractivity contribution in [2.45, 2.75) is 41.0 Å². The highest BCUT2D eigenvalue weighted by atomic mass is 32.1. The molecule has 2 aromatic heterocycles. The Morgan fingerprint density at radius 2 is 1.95 bits per heavy atom. The third kappa shape index (κ3) is 3.84. The van der Waals surface area contributed by atoms with E-state index in [1.54, 1.807) is 11.3 Å². The van der Waals surface area contributed by atoms with E-state index < -0.39 is 0 Å². The molecule has 0 aromatic carbocycles. The van der Waals surface area contributed by atoms with Crippen LogP contribution in [0, 0.1) is 5.41 Å². The monoisotopic (exact) mass is 306 g/mol. The number of nitrogens with zero attached hydrogens (tertiary/aromatic N) is 3. The fraction of sp³-hybridized carbons (Fsp3) is 0.625. The Bertz CT molecular complexity index is 612. The van der Waals surface area contributed by atoms with Gasteiger partial charge in [-0.05, 0) is 24.8 Å². The van der Waals surface area contributed by atoms with Crippen LogP contribution in [0.5, 0.6) is 0 Å². The van der Waals surface area contributed by atoms with E-state index in [9.17, 15) is 0 Å². The van der Waals surface area contributed by atoms with E-state index in [1.807, 2.05) is 0 Å². The van der Waals surface area contributed by atoms with Gasteiger partial charge in [-0.2, -0.15) is 4.98 Å². The van der Waals surface area contributed by atoms with Gasteiger partial charge in [-0.15, -0.1) is 11.3 Å². The molecule has 0 saturated carbocycles. The molecule has 0 aliphatic heterocycles. The van der Waals surface area contributed by atoms with Gasteiger partial charge in [-0.1, -0.05) is 27.7 Å². The summed E-state index contributed by atoms with van der Waals surface area (Å²) in [6, 6.07) is 2.24. The number of thiophene rings is 1. The summed E-state index contributed by atoms with van der Waals surface area (Å²) in [5, 5.41) is 4.41. The average molecular weight is 306 g/mol. The molecule has 2 aromatic rings. The molecule has 0 amide bonds. The zero-order valence-electron chi connectivity index (χ0n) is 13.9. The average Bonchev–Trinajstić information content (AvgIpc) is 2.79. The summed E-state index contributed by atoms with van der Waals surface area (Å²) in [4.78, 5) is 14.1. The molecule has 0 fully saturated rings. The lowest BCUT2D eigenvalue weighted by Gasteiger charge is -2.28. The van der Waals surface area contributed by atoms with Crippen LogP contribution in [0.25, 0.3) is 10.2 Å². The zero-order valence-corrected chi connectivity index (χ0v) is 14.8. The summed E-state index contributed by atoms with van der Waals surface area (Å²) in [5.74, 6) is 1.76. The standard InChI is InChI=1S/C16H26N4S/c1-7-11-9-12-13(20(6)10-16(3,4)5)18-15(17-8-2)19-14(12)21-11/h9H,7-8,10H2,1-6H3,(H,17,18,19). The summed E-state index contributed by atoms with van der Waals surface area (Å²) in [6.45, 7) is 12.8. The van der Waals surface area contributed by atoms with Crippen LogP contribution in [0.15, 0.2) is 6.07 Å². The quantitative estimate of drug-likeness (QED) is 0.900. The first-order valence-corrected chi connectivity index (χ1v) is 8.41. The normalized spacial score (nSPS) is 11.9. The molecule has 0 aliphatic carbocycles. The number of fused-ring (bicyclic) bond motifs is 1. The van der Waals surface area contributed by atoms with Crippen LogP contribution in [-0.4, -0.2) is 30.1 Å². The first-order valence-electron chi connectivity index (χ1n) is 7.59. The van der Waals surface area contributed by atoms with Crippen molar-refractivity contribution in [1.29, 1.82) is 0 Å². The number of nitrogens with one attached hydrogen (secondary N) is 1. The minimum absolute atomic E-state index is 0.230. The minimum atomic E-state index is 0.230. The summed E-state index contributed by atoms with van der Waals surface area (Å²) >= 11 is 1.77. The number of rotatable bonds is 5. The van der Waals surface area contributed by atoms with Gasteiger partial charge in [0.25, 0.3) is 0 Å². The lowest BCUT2D eigenvalue weighted by atomic mass is 9.96. The molecule has 0 spiro atoms. The van der Waals surface area contributed by atoms with Crippen LogP contribution in [0.3, 0.4) is 0 Å². The van der Waals surface area contributed by atoms with Gasteiger partial charge in [-0.3, -0.25) is 0 Å². The lowest BCUT2D eigenvalue weighted by Crippen LogP contribution is -2.30. The molecule has 0 saturated heterocycles. The summed E-state index contributed by atoms with van der Waals surface area (Å²) in [7, 11) is 2.12. The molecule has 2 heterocycles. The van der Waals surface area contributed by atoms with Gasteiger partial charge in [0.1, 0.15) is 10.6 Å². The Morgan fingerprint density at radius 3 is 2.52 bits per heavy atom. The van der Waals surface area contributed by atoms with E-state index in [0.29, 0.717) is 0 Å². The highest BCUT2D eigenvalue weighted by molar-refractivity contribution is 7.18. The van der Waals surface area contributed by atoms with E-state index in [2.05, 4.69) is 62.9 Å². The molecule has 0 radical (unpaired) electrons. The zero-order chi connectivity index (χ0) is 15.6. The molecule has 0 unspecified atom stereocenters. The molecule has 1 N–H and O–H groups in total. The third-order valence-corrected chi connectivity index (χ3v) is 4.35. The van der Waals surface area contributed by atoms with E-state index >= 15 is 0 Å². The van der Waals surface area contributed by atoms with Crippen molar-refractivity contribution in [3.63, 3.8) is 0 Å². The van der Waals surface area contributed by atoms with E-state index in [1.165, 1.54) is 10.3 Å². The Hall–Kier alpha value is -1.36. The van der Waals surface area contributed by atoms with Crippen LogP contribution in [0.1, 0.15) is 39.5 Å². The first kappa shape index (κ1) is 16.0. The van der Waals surface area contributed by atoms with Gasteiger partial charge >= 0.3 is 0 Å². The second-order valence-corrected chi connectivity index (χ2v) is 7.72. The van der Waals surface area contributed by atoms with E-state index in [0.717, 1.165) is 36.1 Å². The number of hydrogen-bond acceptors (Lipinski definition) is 5. The van der Waals surface area contributed by atoms with Gasteiger partial charge < -0.3 is 10.2 Å². The Balaban J connectivity index is 2.50. The van der Waals surface area contributed by atoms with Crippen LogP contribution in [-0.2, 0) is 6.42 Å². The number of hydrogen-bond donors (Lipinski definition) is 1. The van der Waals surface area contributed by atoms with Crippen molar-refractivity contribution in [2.24, 2.45) is 5.41 Å². The topological polar surface area (TPSA) is 41.1 Å². The van der Waals surface area contributed by atoms with Crippen molar-refractivity contribution in [2.75, 3.05) is 30.4 Å². The molecule has 5 heteroatoms. The van der Waals surface area contributed by atoms with Crippen LogP contribution < -0.4 is 10.2 Å². The summed E-state index contributed by atoms with van der Waals surface area (Å²) < 4.78 is 0. The lowest BCUT2D eigenvalue weighted by molar-refractivity contribution is 0.418. The van der Waals surface area contributed by atoms with Gasteiger partial charge in [0.05, 0.1) is 5.39 Å². The second-order valence-electron chi connectivity index (χ2n) is 6.60. The molecular weight excluding hydrogens is 280 g/mol. The van der Waals surface area contributed by atoms with Crippen molar-refractivity contribution in [3.05, 3.63) is 10.9 Å². The van der Waals surface area contributed by atoms with Crippen molar-refractivity contribution >= 4 is 33.3 Å². The summed E-state index contributed by atoms with van der Waals surface area (Å²) in [6.07, 6.45) is 1.04. The van der Waals surface area contributed by atoms with E-state index in [4.69, 9.17) is 4.98 Å². The molecule has 116 valence electrons. The van der Waals surface area contributed by atoms with Crippen molar-refractivity contribution < 1.29 is 0 Å². The minimum Gasteiger partial charge on any atom is -0.358 e. The number of aryl methyl sites for hydroxylation is 1. The Kier molecular flexibility index (Phi) is 4.71. The Labute approximate surface area is 131 Å². The van der Waals surface area contributed by atoms with Crippen LogP contribution in [0.2, 0.25) is 0 Å². The second kappa shape index (κ2) is 6.18. The largest absolute Gasteiger partial charge is 0.358 e. The van der Waals surface area contributed by atoms with Gasteiger partial charge in [0.15, 0.2) is 0 Å².